The molecule has 1 fully saturated rings. The molecule has 0 aromatic heterocycles. The fourth-order valence-electron chi connectivity index (χ4n) is 2.59. The van der Waals surface area contributed by atoms with E-state index in [0.717, 1.165) is 51.4 Å². The number of nitrogens with zero attached hydrogens (tertiary/aromatic N) is 1. The Bertz CT molecular complexity index is 401. The second kappa shape index (κ2) is 8.12. The second-order valence-corrected chi connectivity index (χ2v) is 5.27. The average Bonchev–Trinajstić information content (AvgIpc) is 2.76. The molecule has 2 rings (SSSR count). The van der Waals surface area contributed by atoms with Crippen molar-refractivity contribution in [1.82, 2.24) is 10.6 Å². The standard InChI is InChI=1S/C16H27N3O/c1-3-7-18-13-14-5-6-15(16(12-14)20-2)19-10-4-8-17-9-11-19/h5-6,12,17-18H,3-4,7-11,13H2,1-2H3. The Morgan fingerprint density at radius 1 is 1.30 bits per heavy atom. The highest BCUT2D eigenvalue weighted by atomic mass is 16.5. The monoisotopic (exact) mass is 277 g/mol. The molecule has 0 unspecified atom stereocenters. The molecule has 4 heteroatoms. The SMILES string of the molecule is CCCNCc1ccc(N2CCCNCC2)c(OC)c1. The summed E-state index contributed by atoms with van der Waals surface area (Å²) in [6, 6.07) is 6.57. The molecule has 1 aliphatic rings. The van der Waals surface area contributed by atoms with Crippen LogP contribution in [-0.2, 0) is 6.54 Å². The van der Waals surface area contributed by atoms with Crippen LogP contribution in [0.25, 0.3) is 0 Å². The lowest BCUT2D eigenvalue weighted by Gasteiger charge is -2.25. The number of hydrogen-bond donors (Lipinski definition) is 2. The molecular weight excluding hydrogens is 250 g/mol. The maximum absolute atomic E-state index is 5.60. The Kier molecular flexibility index (Phi) is 6.15. The zero-order valence-corrected chi connectivity index (χ0v) is 12.7. The number of rotatable bonds is 6. The van der Waals surface area contributed by atoms with E-state index in [1.165, 1.54) is 17.7 Å². The molecule has 0 bridgehead atoms. The van der Waals surface area contributed by atoms with Gasteiger partial charge in [0.15, 0.2) is 0 Å². The first-order valence-electron chi connectivity index (χ1n) is 7.68. The highest BCUT2D eigenvalue weighted by Crippen LogP contribution is 2.29. The number of ether oxygens (including phenoxy) is 1. The zero-order valence-electron chi connectivity index (χ0n) is 12.7. The Morgan fingerprint density at radius 2 is 2.20 bits per heavy atom. The Hall–Kier alpha value is -1.26. The van der Waals surface area contributed by atoms with Gasteiger partial charge in [-0.15, -0.1) is 0 Å². The summed E-state index contributed by atoms with van der Waals surface area (Å²) < 4.78 is 5.60. The van der Waals surface area contributed by atoms with Gasteiger partial charge in [0.25, 0.3) is 0 Å². The second-order valence-electron chi connectivity index (χ2n) is 5.27. The van der Waals surface area contributed by atoms with Gasteiger partial charge in [-0.05, 0) is 43.6 Å². The summed E-state index contributed by atoms with van der Waals surface area (Å²) >= 11 is 0. The van der Waals surface area contributed by atoms with Gasteiger partial charge in [-0.2, -0.15) is 0 Å². The maximum atomic E-state index is 5.60. The van der Waals surface area contributed by atoms with Crippen molar-refractivity contribution in [2.75, 3.05) is 44.7 Å². The summed E-state index contributed by atoms with van der Waals surface area (Å²) in [4.78, 5) is 2.42. The van der Waals surface area contributed by atoms with Crippen LogP contribution in [0.15, 0.2) is 18.2 Å². The van der Waals surface area contributed by atoms with Gasteiger partial charge in [0, 0.05) is 26.2 Å². The van der Waals surface area contributed by atoms with Gasteiger partial charge in [0.2, 0.25) is 0 Å². The summed E-state index contributed by atoms with van der Waals surface area (Å²) in [5.41, 5.74) is 2.50. The fourth-order valence-corrected chi connectivity index (χ4v) is 2.59. The van der Waals surface area contributed by atoms with Crippen molar-refractivity contribution in [1.29, 1.82) is 0 Å². The van der Waals surface area contributed by atoms with Crippen molar-refractivity contribution in [3.05, 3.63) is 23.8 Å². The Labute approximate surface area is 122 Å². The van der Waals surface area contributed by atoms with E-state index >= 15 is 0 Å². The van der Waals surface area contributed by atoms with Gasteiger partial charge in [0.1, 0.15) is 5.75 Å². The van der Waals surface area contributed by atoms with E-state index in [4.69, 9.17) is 4.74 Å². The van der Waals surface area contributed by atoms with E-state index in [1.54, 1.807) is 7.11 Å². The van der Waals surface area contributed by atoms with Crippen molar-refractivity contribution < 1.29 is 4.74 Å². The first-order chi connectivity index (χ1) is 9.85. The van der Waals surface area contributed by atoms with Gasteiger partial charge in [-0.3, -0.25) is 0 Å². The fraction of sp³-hybridized carbons (Fsp3) is 0.625. The van der Waals surface area contributed by atoms with Crippen LogP contribution < -0.4 is 20.3 Å². The van der Waals surface area contributed by atoms with Crippen molar-refractivity contribution >= 4 is 5.69 Å². The minimum atomic E-state index is 0.909. The molecule has 4 nitrogen and oxygen atoms in total. The van der Waals surface area contributed by atoms with Crippen molar-refractivity contribution in [2.45, 2.75) is 26.3 Å². The quantitative estimate of drug-likeness (QED) is 0.780. The van der Waals surface area contributed by atoms with E-state index in [-0.39, 0.29) is 0 Å². The topological polar surface area (TPSA) is 36.5 Å². The molecular formula is C16H27N3O. The van der Waals surface area contributed by atoms with Crippen LogP contribution in [0.1, 0.15) is 25.3 Å². The molecule has 0 amide bonds. The molecule has 20 heavy (non-hydrogen) atoms. The summed E-state index contributed by atoms with van der Waals surface area (Å²) in [5.74, 6) is 0.989. The molecule has 112 valence electrons. The van der Waals surface area contributed by atoms with E-state index < -0.39 is 0 Å². The highest BCUT2D eigenvalue weighted by molar-refractivity contribution is 5.60. The lowest BCUT2D eigenvalue weighted by Crippen LogP contribution is -2.28. The van der Waals surface area contributed by atoms with Gasteiger partial charge < -0.3 is 20.3 Å². The number of hydrogen-bond acceptors (Lipinski definition) is 4. The molecule has 1 heterocycles. The van der Waals surface area contributed by atoms with Crippen molar-refractivity contribution in [3.63, 3.8) is 0 Å². The minimum Gasteiger partial charge on any atom is -0.495 e. The van der Waals surface area contributed by atoms with Crippen LogP contribution in [0.3, 0.4) is 0 Å². The van der Waals surface area contributed by atoms with E-state index in [9.17, 15) is 0 Å². The first-order valence-corrected chi connectivity index (χ1v) is 7.68. The predicted molar refractivity (Wildman–Crippen MR) is 84.7 cm³/mol. The lowest BCUT2D eigenvalue weighted by molar-refractivity contribution is 0.413. The maximum Gasteiger partial charge on any atom is 0.142 e. The van der Waals surface area contributed by atoms with Crippen LogP contribution in [0.2, 0.25) is 0 Å². The third-order valence-electron chi connectivity index (χ3n) is 3.68. The van der Waals surface area contributed by atoms with Gasteiger partial charge >= 0.3 is 0 Å². The van der Waals surface area contributed by atoms with Gasteiger partial charge in [0.05, 0.1) is 12.8 Å². The Balaban J connectivity index is 2.08. The lowest BCUT2D eigenvalue weighted by atomic mass is 10.1. The summed E-state index contributed by atoms with van der Waals surface area (Å²) in [6.45, 7) is 8.44. The van der Waals surface area contributed by atoms with E-state index in [2.05, 4.69) is 40.7 Å². The summed E-state index contributed by atoms with van der Waals surface area (Å²) in [6.07, 6.45) is 2.35. The van der Waals surface area contributed by atoms with Crippen LogP contribution in [-0.4, -0.2) is 39.8 Å². The minimum absolute atomic E-state index is 0.909. The molecule has 0 saturated carbocycles. The molecule has 2 N–H and O–H groups in total. The Morgan fingerprint density at radius 3 is 3.00 bits per heavy atom. The number of methoxy groups -OCH3 is 1. The number of benzene rings is 1. The third kappa shape index (κ3) is 4.12. The summed E-state index contributed by atoms with van der Waals surface area (Å²) in [7, 11) is 1.76. The molecule has 1 aliphatic heterocycles. The van der Waals surface area contributed by atoms with Crippen LogP contribution >= 0.6 is 0 Å². The molecule has 1 aromatic carbocycles. The molecule has 0 spiro atoms. The molecule has 0 aliphatic carbocycles. The first kappa shape index (κ1) is 15.1. The predicted octanol–water partition coefficient (Wildman–Crippen LogP) is 1.99. The van der Waals surface area contributed by atoms with Gasteiger partial charge in [-0.1, -0.05) is 13.0 Å². The molecule has 1 saturated heterocycles. The van der Waals surface area contributed by atoms with Crippen molar-refractivity contribution in [3.8, 4) is 5.75 Å². The molecule has 1 aromatic rings. The zero-order chi connectivity index (χ0) is 14.2. The smallest absolute Gasteiger partial charge is 0.142 e. The average molecular weight is 277 g/mol. The van der Waals surface area contributed by atoms with Crippen LogP contribution in [0, 0.1) is 0 Å². The van der Waals surface area contributed by atoms with Crippen LogP contribution in [0.4, 0.5) is 5.69 Å². The number of anilines is 1. The van der Waals surface area contributed by atoms with Crippen LogP contribution in [0.5, 0.6) is 5.75 Å². The molecule has 0 atom stereocenters. The normalized spacial score (nSPS) is 16.0. The molecule has 0 radical (unpaired) electrons. The number of nitrogens with one attached hydrogen (secondary N) is 2. The summed E-state index contributed by atoms with van der Waals surface area (Å²) in [5, 5.41) is 6.87. The van der Waals surface area contributed by atoms with E-state index in [0.29, 0.717) is 0 Å². The van der Waals surface area contributed by atoms with E-state index in [1.807, 2.05) is 0 Å². The third-order valence-corrected chi connectivity index (χ3v) is 3.68. The largest absolute Gasteiger partial charge is 0.495 e. The van der Waals surface area contributed by atoms with Gasteiger partial charge in [-0.25, -0.2) is 0 Å². The van der Waals surface area contributed by atoms with Crippen molar-refractivity contribution in [2.24, 2.45) is 0 Å². The highest BCUT2D eigenvalue weighted by Gasteiger charge is 2.14.